The van der Waals surface area contributed by atoms with Crippen molar-refractivity contribution in [3.63, 3.8) is 0 Å². The van der Waals surface area contributed by atoms with Crippen molar-refractivity contribution in [3.8, 4) is 0 Å². The normalized spacial score (nSPS) is 14.7. The zero-order valence-corrected chi connectivity index (χ0v) is 12.2. The van der Waals surface area contributed by atoms with Crippen LogP contribution in [0.4, 0.5) is 0 Å². The van der Waals surface area contributed by atoms with Crippen molar-refractivity contribution in [2.45, 2.75) is 58.7 Å². The predicted molar refractivity (Wildman–Crippen MR) is 68.2 cm³/mol. The van der Waals surface area contributed by atoms with Crippen LogP contribution in [-0.2, 0) is 14.1 Å². The Morgan fingerprint density at radius 3 is 2.06 bits per heavy atom. The summed E-state index contributed by atoms with van der Waals surface area (Å²) in [6.07, 6.45) is 0. The van der Waals surface area contributed by atoms with E-state index in [9.17, 15) is 4.79 Å². The van der Waals surface area contributed by atoms with E-state index in [1.807, 2.05) is 41.5 Å². The Hall–Kier alpha value is -0.180. The number of hydrogen-bond donors (Lipinski definition) is 1. The first-order valence-corrected chi connectivity index (χ1v) is 5.84. The van der Waals surface area contributed by atoms with Gasteiger partial charge in [0.05, 0.1) is 6.61 Å². The van der Waals surface area contributed by atoms with Crippen LogP contribution in [0.15, 0.2) is 0 Å². The molecule has 0 aromatic rings. The molecule has 0 aliphatic rings. The maximum absolute atomic E-state index is 11.9. The molecule has 0 bridgehead atoms. The van der Waals surface area contributed by atoms with E-state index in [0.29, 0.717) is 0 Å². The van der Waals surface area contributed by atoms with Gasteiger partial charge >= 0.3 is 5.97 Å². The second-order valence-corrected chi connectivity index (χ2v) is 6.15. The van der Waals surface area contributed by atoms with Gasteiger partial charge < -0.3 is 9.26 Å². The third kappa shape index (κ3) is 8.03. The van der Waals surface area contributed by atoms with Crippen LogP contribution in [-0.4, -0.2) is 29.8 Å². The summed E-state index contributed by atoms with van der Waals surface area (Å²) in [5.41, 5.74) is -0.638. The first-order chi connectivity index (χ1) is 7.05. The van der Waals surface area contributed by atoms with Crippen molar-refractivity contribution < 1.29 is 14.1 Å². The van der Waals surface area contributed by atoms with Gasteiger partial charge in [-0.15, -0.1) is 0 Å². The number of rotatable bonds is 4. The maximum atomic E-state index is 11.9. The Balaban J connectivity index is 4.47. The largest absolute Gasteiger partial charge is 0.459 e. The van der Waals surface area contributed by atoms with Gasteiger partial charge in [-0.25, -0.2) is 0 Å². The average molecular weight is 249 g/mol. The standard InChI is InChI=1S/C11H24NO3P/c1-10(2,3)12-8(7-14-16)9(13)15-11(4,5)6/h8,12H,7,16H2,1-6H3. The number of esters is 1. The fourth-order valence-corrected chi connectivity index (χ4v) is 1.35. The summed E-state index contributed by atoms with van der Waals surface area (Å²) in [4.78, 5) is 11.9. The van der Waals surface area contributed by atoms with Gasteiger partial charge in [-0.1, -0.05) is 0 Å². The minimum atomic E-state index is -0.476. The van der Waals surface area contributed by atoms with Gasteiger partial charge in [0.2, 0.25) is 0 Å². The minimum absolute atomic E-state index is 0.162. The van der Waals surface area contributed by atoms with E-state index < -0.39 is 11.6 Å². The molecule has 0 heterocycles. The van der Waals surface area contributed by atoms with Crippen LogP contribution in [0.2, 0.25) is 0 Å². The highest BCUT2D eigenvalue weighted by molar-refractivity contribution is 7.09. The molecule has 0 spiro atoms. The van der Waals surface area contributed by atoms with Crippen molar-refractivity contribution in [1.82, 2.24) is 5.32 Å². The second-order valence-electron chi connectivity index (χ2n) is 5.81. The zero-order chi connectivity index (χ0) is 13.0. The predicted octanol–water partition coefficient (Wildman–Crippen LogP) is 1.89. The Morgan fingerprint density at radius 2 is 1.75 bits per heavy atom. The van der Waals surface area contributed by atoms with Crippen LogP contribution in [0.25, 0.3) is 0 Å². The smallest absolute Gasteiger partial charge is 0.326 e. The SMILES string of the molecule is CC(C)(C)NC(COP)C(=O)OC(C)(C)C. The van der Waals surface area contributed by atoms with Crippen LogP contribution in [0, 0.1) is 0 Å². The average Bonchev–Trinajstić information content (AvgIpc) is 1.97. The molecular weight excluding hydrogens is 225 g/mol. The van der Waals surface area contributed by atoms with Gasteiger partial charge in [0, 0.05) is 15.0 Å². The molecule has 2 unspecified atom stereocenters. The summed E-state index contributed by atoms with van der Waals surface area (Å²) < 4.78 is 10.2. The molecule has 1 N–H and O–H groups in total. The Labute approximate surface area is 101 Å². The summed E-state index contributed by atoms with van der Waals surface area (Å²) in [7, 11) is 2.14. The van der Waals surface area contributed by atoms with Gasteiger partial charge in [-0.3, -0.25) is 10.1 Å². The van der Waals surface area contributed by atoms with Crippen LogP contribution < -0.4 is 5.32 Å². The van der Waals surface area contributed by atoms with E-state index in [1.54, 1.807) is 0 Å². The van der Waals surface area contributed by atoms with Gasteiger partial charge in [0.1, 0.15) is 11.6 Å². The van der Waals surface area contributed by atoms with E-state index in [-0.39, 0.29) is 18.1 Å². The summed E-state index contributed by atoms with van der Waals surface area (Å²) >= 11 is 0. The van der Waals surface area contributed by atoms with Crippen molar-refractivity contribution >= 4 is 15.4 Å². The van der Waals surface area contributed by atoms with Crippen LogP contribution >= 0.6 is 9.47 Å². The lowest BCUT2D eigenvalue weighted by molar-refractivity contribution is -0.158. The van der Waals surface area contributed by atoms with Crippen molar-refractivity contribution in [2.75, 3.05) is 6.61 Å². The van der Waals surface area contributed by atoms with E-state index in [0.717, 1.165) is 0 Å². The number of nitrogens with one attached hydrogen (secondary N) is 1. The molecule has 16 heavy (non-hydrogen) atoms. The molecule has 0 saturated heterocycles. The Bertz CT molecular complexity index is 230. The molecule has 96 valence electrons. The molecule has 5 heteroatoms. The first-order valence-electron chi connectivity index (χ1n) is 5.37. The molecule has 2 atom stereocenters. The monoisotopic (exact) mass is 249 g/mol. The molecule has 0 aromatic heterocycles. The summed E-state index contributed by atoms with van der Waals surface area (Å²) in [6, 6.07) is -0.447. The summed E-state index contributed by atoms with van der Waals surface area (Å²) in [5.74, 6) is -0.287. The number of ether oxygens (including phenoxy) is 1. The molecule has 0 aromatic carbocycles. The lowest BCUT2D eigenvalue weighted by Crippen LogP contribution is -2.51. The molecular formula is C11H24NO3P. The fraction of sp³-hybridized carbons (Fsp3) is 0.909. The fourth-order valence-electron chi connectivity index (χ4n) is 1.16. The zero-order valence-electron chi connectivity index (χ0n) is 11.1. The molecule has 0 aliphatic heterocycles. The molecule has 0 rings (SSSR count). The molecule has 0 fully saturated rings. The molecule has 4 nitrogen and oxygen atoms in total. The quantitative estimate of drug-likeness (QED) is 0.610. The topological polar surface area (TPSA) is 47.6 Å². The van der Waals surface area contributed by atoms with Crippen LogP contribution in [0.5, 0.6) is 0 Å². The summed E-state index contributed by atoms with van der Waals surface area (Å²) in [5, 5.41) is 3.17. The third-order valence-corrected chi connectivity index (χ3v) is 1.75. The number of hydrogen-bond acceptors (Lipinski definition) is 4. The van der Waals surface area contributed by atoms with E-state index >= 15 is 0 Å². The third-order valence-electron chi connectivity index (χ3n) is 1.56. The van der Waals surface area contributed by atoms with Gasteiger partial charge in [0.25, 0.3) is 0 Å². The van der Waals surface area contributed by atoms with Crippen LogP contribution in [0.1, 0.15) is 41.5 Å². The number of carbonyl (C=O) groups is 1. The highest BCUT2D eigenvalue weighted by atomic mass is 31.0. The lowest BCUT2D eigenvalue weighted by atomic mass is 10.1. The highest BCUT2D eigenvalue weighted by Crippen LogP contribution is 2.11. The molecule has 0 radical (unpaired) electrons. The second kappa shape index (κ2) is 5.95. The lowest BCUT2D eigenvalue weighted by Gasteiger charge is -2.29. The van der Waals surface area contributed by atoms with E-state index in [1.165, 1.54) is 0 Å². The Morgan fingerprint density at radius 1 is 1.25 bits per heavy atom. The molecule has 0 amide bonds. The maximum Gasteiger partial charge on any atom is 0.326 e. The molecule has 0 saturated carbocycles. The summed E-state index contributed by atoms with van der Waals surface area (Å²) in [6.45, 7) is 11.8. The first kappa shape index (κ1) is 15.8. The Kier molecular flexibility index (Phi) is 5.88. The van der Waals surface area contributed by atoms with E-state index in [4.69, 9.17) is 9.26 Å². The van der Waals surface area contributed by atoms with Gasteiger partial charge in [-0.2, -0.15) is 0 Å². The minimum Gasteiger partial charge on any atom is -0.459 e. The van der Waals surface area contributed by atoms with Crippen molar-refractivity contribution in [3.05, 3.63) is 0 Å². The molecule has 0 aliphatic carbocycles. The van der Waals surface area contributed by atoms with Crippen LogP contribution in [0.3, 0.4) is 0 Å². The van der Waals surface area contributed by atoms with E-state index in [2.05, 4.69) is 14.8 Å². The van der Waals surface area contributed by atoms with Gasteiger partial charge in [0.15, 0.2) is 0 Å². The van der Waals surface area contributed by atoms with Crippen molar-refractivity contribution in [2.24, 2.45) is 0 Å². The number of carbonyl (C=O) groups excluding carboxylic acids is 1. The van der Waals surface area contributed by atoms with Crippen molar-refractivity contribution in [1.29, 1.82) is 0 Å². The highest BCUT2D eigenvalue weighted by Gasteiger charge is 2.28. The van der Waals surface area contributed by atoms with Gasteiger partial charge in [-0.05, 0) is 41.5 Å².